The molecule has 2 aromatic rings. The summed E-state index contributed by atoms with van der Waals surface area (Å²) in [7, 11) is -3.64. The predicted molar refractivity (Wildman–Crippen MR) is 103 cm³/mol. The summed E-state index contributed by atoms with van der Waals surface area (Å²) in [5, 5.41) is 3.34. The SMILES string of the molecule is Cc1c(Cl)cccc1NC(=O)c1cccc(S(=O)(=O)NC2CCCC2)c1. The van der Waals surface area contributed by atoms with Crippen molar-refractivity contribution in [1.82, 2.24) is 4.72 Å². The molecule has 0 unspecified atom stereocenters. The van der Waals surface area contributed by atoms with Crippen LogP contribution in [0.4, 0.5) is 5.69 Å². The van der Waals surface area contributed by atoms with Crippen LogP contribution in [-0.2, 0) is 10.0 Å². The second-order valence-electron chi connectivity index (χ2n) is 6.50. The molecule has 0 atom stereocenters. The highest BCUT2D eigenvalue weighted by molar-refractivity contribution is 7.89. The van der Waals surface area contributed by atoms with Crippen LogP contribution >= 0.6 is 11.6 Å². The van der Waals surface area contributed by atoms with Crippen LogP contribution in [0.5, 0.6) is 0 Å². The fourth-order valence-electron chi connectivity index (χ4n) is 3.07. The monoisotopic (exact) mass is 392 g/mol. The first kappa shape index (κ1) is 18.9. The molecule has 5 nitrogen and oxygen atoms in total. The number of nitrogens with one attached hydrogen (secondary N) is 2. The Hall–Kier alpha value is -1.89. The quantitative estimate of drug-likeness (QED) is 0.803. The molecule has 7 heteroatoms. The van der Waals surface area contributed by atoms with Crippen molar-refractivity contribution in [2.45, 2.75) is 43.5 Å². The Labute approximate surface area is 158 Å². The van der Waals surface area contributed by atoms with Gasteiger partial charge in [-0.3, -0.25) is 4.79 Å². The third kappa shape index (κ3) is 4.26. The van der Waals surface area contributed by atoms with Crippen molar-refractivity contribution >= 4 is 33.2 Å². The first-order chi connectivity index (χ1) is 12.4. The number of halogens is 1. The molecule has 0 aliphatic heterocycles. The summed E-state index contributed by atoms with van der Waals surface area (Å²) in [6.45, 7) is 1.81. The molecule has 1 fully saturated rings. The fraction of sp³-hybridized carbons (Fsp3) is 0.316. The van der Waals surface area contributed by atoms with Crippen LogP contribution in [0.2, 0.25) is 5.02 Å². The molecule has 2 N–H and O–H groups in total. The molecule has 0 spiro atoms. The van der Waals surface area contributed by atoms with Crippen molar-refractivity contribution in [3.63, 3.8) is 0 Å². The summed E-state index contributed by atoms with van der Waals surface area (Å²) in [6.07, 6.45) is 3.78. The molecular weight excluding hydrogens is 372 g/mol. The van der Waals surface area contributed by atoms with Crippen LogP contribution in [0, 0.1) is 6.92 Å². The number of benzene rings is 2. The minimum absolute atomic E-state index is 0.0217. The summed E-state index contributed by atoms with van der Waals surface area (Å²) in [5.41, 5.74) is 1.63. The number of hydrogen-bond donors (Lipinski definition) is 2. The van der Waals surface area contributed by atoms with Crippen LogP contribution in [0.1, 0.15) is 41.6 Å². The Morgan fingerprint density at radius 2 is 1.81 bits per heavy atom. The maximum atomic E-state index is 12.6. The number of carbonyl (C=O) groups excluding carboxylic acids is 1. The van der Waals surface area contributed by atoms with Gasteiger partial charge in [-0.05, 0) is 55.7 Å². The van der Waals surface area contributed by atoms with Crippen LogP contribution in [0.15, 0.2) is 47.4 Å². The normalized spacial score (nSPS) is 15.2. The van der Waals surface area contributed by atoms with Gasteiger partial charge in [0.05, 0.1) is 4.90 Å². The number of carbonyl (C=O) groups is 1. The van der Waals surface area contributed by atoms with Crippen molar-refractivity contribution in [3.8, 4) is 0 Å². The van der Waals surface area contributed by atoms with Gasteiger partial charge in [-0.1, -0.05) is 36.6 Å². The Morgan fingerprint density at radius 1 is 1.12 bits per heavy atom. The van der Waals surface area contributed by atoms with Crippen molar-refractivity contribution in [2.24, 2.45) is 0 Å². The minimum atomic E-state index is -3.64. The minimum Gasteiger partial charge on any atom is -0.322 e. The Kier molecular flexibility index (Phi) is 5.65. The lowest BCUT2D eigenvalue weighted by molar-refractivity contribution is 0.102. The standard InChI is InChI=1S/C19H21ClN2O3S/c1-13-17(20)10-5-11-18(13)21-19(23)14-6-4-9-16(12-14)26(24,25)22-15-7-2-3-8-15/h4-6,9-12,15,22H,2-3,7-8H2,1H3,(H,21,23). The zero-order chi connectivity index (χ0) is 18.7. The summed E-state index contributed by atoms with van der Waals surface area (Å²) in [5.74, 6) is -0.381. The lowest BCUT2D eigenvalue weighted by atomic mass is 10.1. The molecule has 1 aliphatic carbocycles. The highest BCUT2D eigenvalue weighted by atomic mass is 35.5. The van der Waals surface area contributed by atoms with Gasteiger partial charge in [0.2, 0.25) is 10.0 Å². The number of anilines is 1. The molecule has 0 saturated heterocycles. The van der Waals surface area contributed by atoms with E-state index >= 15 is 0 Å². The van der Waals surface area contributed by atoms with Gasteiger partial charge in [0.1, 0.15) is 0 Å². The smallest absolute Gasteiger partial charge is 0.255 e. The summed E-state index contributed by atoms with van der Waals surface area (Å²) >= 11 is 6.07. The van der Waals surface area contributed by atoms with Crippen molar-refractivity contribution in [1.29, 1.82) is 0 Å². The number of sulfonamides is 1. The van der Waals surface area contributed by atoms with Gasteiger partial charge in [0.15, 0.2) is 0 Å². The molecule has 3 rings (SSSR count). The molecule has 2 aromatic carbocycles. The largest absolute Gasteiger partial charge is 0.322 e. The average molecular weight is 393 g/mol. The molecular formula is C19H21ClN2O3S. The Morgan fingerprint density at radius 3 is 2.54 bits per heavy atom. The maximum absolute atomic E-state index is 12.6. The molecule has 0 heterocycles. The van der Waals surface area contributed by atoms with Crippen LogP contribution < -0.4 is 10.0 Å². The predicted octanol–water partition coefficient (Wildman–Crippen LogP) is 4.12. The van der Waals surface area contributed by atoms with Gasteiger partial charge in [-0.2, -0.15) is 0 Å². The average Bonchev–Trinajstić information content (AvgIpc) is 3.11. The van der Waals surface area contributed by atoms with Crippen molar-refractivity contribution in [2.75, 3.05) is 5.32 Å². The van der Waals surface area contributed by atoms with E-state index in [2.05, 4.69) is 10.0 Å². The number of rotatable bonds is 5. The Bertz CT molecular complexity index is 922. The molecule has 1 amide bonds. The third-order valence-corrected chi connectivity index (χ3v) is 6.53. The van der Waals surface area contributed by atoms with Gasteiger partial charge >= 0.3 is 0 Å². The molecule has 138 valence electrons. The number of hydrogen-bond acceptors (Lipinski definition) is 3. The zero-order valence-corrected chi connectivity index (χ0v) is 16.0. The van der Waals surface area contributed by atoms with E-state index in [1.165, 1.54) is 12.1 Å². The first-order valence-electron chi connectivity index (χ1n) is 8.56. The summed E-state index contributed by atoms with van der Waals surface area (Å²) < 4.78 is 27.8. The highest BCUT2D eigenvalue weighted by Gasteiger charge is 2.23. The summed E-state index contributed by atoms with van der Waals surface area (Å²) in [6, 6.07) is 11.3. The van der Waals surface area contributed by atoms with E-state index < -0.39 is 10.0 Å². The first-order valence-corrected chi connectivity index (χ1v) is 10.4. The van der Waals surface area contributed by atoms with Gasteiger partial charge < -0.3 is 5.32 Å². The van der Waals surface area contributed by atoms with E-state index in [4.69, 9.17) is 11.6 Å². The van der Waals surface area contributed by atoms with Gasteiger partial charge in [-0.15, -0.1) is 0 Å². The van der Waals surface area contributed by atoms with Crippen LogP contribution in [0.3, 0.4) is 0 Å². The second-order valence-corrected chi connectivity index (χ2v) is 8.62. The fourth-order valence-corrected chi connectivity index (χ4v) is 4.60. The van der Waals surface area contributed by atoms with E-state index in [0.29, 0.717) is 10.7 Å². The number of amides is 1. The third-order valence-electron chi connectivity index (χ3n) is 4.60. The second kappa shape index (κ2) is 7.78. The zero-order valence-electron chi connectivity index (χ0n) is 14.5. The Balaban J connectivity index is 1.80. The molecule has 0 aromatic heterocycles. The van der Waals surface area contributed by atoms with Gasteiger partial charge in [-0.25, -0.2) is 13.1 Å². The van der Waals surface area contributed by atoms with E-state index in [1.807, 2.05) is 6.92 Å². The van der Waals surface area contributed by atoms with Gasteiger partial charge in [0, 0.05) is 22.3 Å². The molecule has 26 heavy (non-hydrogen) atoms. The van der Waals surface area contributed by atoms with Crippen LogP contribution in [-0.4, -0.2) is 20.4 Å². The summed E-state index contributed by atoms with van der Waals surface area (Å²) in [4.78, 5) is 12.6. The van der Waals surface area contributed by atoms with Crippen molar-refractivity contribution in [3.05, 3.63) is 58.6 Å². The topological polar surface area (TPSA) is 75.3 Å². The van der Waals surface area contributed by atoms with E-state index in [0.717, 1.165) is 31.2 Å². The van der Waals surface area contributed by atoms with Crippen LogP contribution in [0.25, 0.3) is 0 Å². The highest BCUT2D eigenvalue weighted by Crippen LogP contribution is 2.24. The molecule has 1 aliphatic rings. The van der Waals surface area contributed by atoms with Gasteiger partial charge in [0.25, 0.3) is 5.91 Å². The lowest BCUT2D eigenvalue weighted by Gasteiger charge is -2.13. The molecule has 0 bridgehead atoms. The maximum Gasteiger partial charge on any atom is 0.255 e. The molecule has 1 saturated carbocycles. The lowest BCUT2D eigenvalue weighted by Crippen LogP contribution is -2.32. The van der Waals surface area contributed by atoms with Crippen molar-refractivity contribution < 1.29 is 13.2 Å². The van der Waals surface area contributed by atoms with E-state index in [-0.39, 0.29) is 22.4 Å². The van der Waals surface area contributed by atoms with E-state index in [9.17, 15) is 13.2 Å². The molecule has 0 radical (unpaired) electrons. The van der Waals surface area contributed by atoms with E-state index in [1.54, 1.807) is 30.3 Å².